The summed E-state index contributed by atoms with van der Waals surface area (Å²) >= 11 is 0. The Labute approximate surface area is 270 Å². The Kier molecular flexibility index (Phi) is 8.09. The van der Waals surface area contributed by atoms with Gasteiger partial charge in [0.1, 0.15) is 30.2 Å². The van der Waals surface area contributed by atoms with E-state index in [9.17, 15) is 13.9 Å². The number of phenolic OH excluding ortho intramolecular Hbond substituents is 1. The number of aromatic hydroxyl groups is 1. The Morgan fingerprint density at radius 3 is 2.77 bits per heavy atom. The first-order chi connectivity index (χ1) is 22.6. The molecule has 3 saturated heterocycles. The van der Waals surface area contributed by atoms with Crippen LogP contribution in [0.3, 0.4) is 0 Å². The zero-order chi connectivity index (χ0) is 33.0. The minimum Gasteiger partial charge on any atom is -0.508 e. The summed E-state index contributed by atoms with van der Waals surface area (Å²) in [6, 6.07) is 5.38. The molecule has 7 rings (SSSR count). The maximum Gasteiger partial charge on any atom is 0.319 e. The molecule has 3 aliphatic rings. The monoisotopic (exact) mass is 648 g/mol. The molecule has 5 heterocycles. The zero-order valence-corrected chi connectivity index (χ0v) is 26.3. The Bertz CT molecular complexity index is 1900. The van der Waals surface area contributed by atoms with Gasteiger partial charge in [-0.05, 0) is 56.4 Å². The topological polar surface area (TPSA) is 77.9 Å². The number of hydrogen-bond acceptors (Lipinski definition) is 8. The summed E-state index contributed by atoms with van der Waals surface area (Å²) in [4.78, 5) is 20.3. The number of halogens is 4. The average Bonchev–Trinajstić information content (AvgIpc) is 3.58. The van der Waals surface area contributed by atoms with Crippen molar-refractivity contribution in [1.29, 1.82) is 0 Å². The second kappa shape index (κ2) is 12.1. The third-order valence-corrected chi connectivity index (χ3v) is 10.2. The summed E-state index contributed by atoms with van der Waals surface area (Å²) in [6.45, 7) is 5.27. The van der Waals surface area contributed by atoms with Crippen LogP contribution < -0.4 is 9.64 Å². The normalized spacial score (nSPS) is 23.6. The number of pyridine rings is 1. The molecule has 12 heteroatoms. The lowest BCUT2D eigenvalue weighted by Gasteiger charge is -2.40. The Balaban J connectivity index is 1.43. The first-order valence-electron chi connectivity index (χ1n) is 16.0. The lowest BCUT2D eigenvalue weighted by molar-refractivity contribution is 0.107. The molecule has 1 unspecified atom stereocenters. The summed E-state index contributed by atoms with van der Waals surface area (Å²) < 4.78 is 66.3. The van der Waals surface area contributed by atoms with Crippen LogP contribution in [0.2, 0.25) is 0 Å². The van der Waals surface area contributed by atoms with Crippen LogP contribution in [0.25, 0.3) is 32.9 Å². The number of nitrogens with zero attached hydrogens (tertiary/aromatic N) is 6. The molecule has 2 aromatic heterocycles. The summed E-state index contributed by atoms with van der Waals surface area (Å²) in [5.41, 5.74) is -1.34. The molecule has 0 saturated carbocycles. The van der Waals surface area contributed by atoms with Crippen LogP contribution in [0.15, 0.2) is 30.5 Å². The number of hydrogen-bond donors (Lipinski definition) is 1. The van der Waals surface area contributed by atoms with Gasteiger partial charge in [0.2, 0.25) is 0 Å². The Morgan fingerprint density at radius 1 is 1.17 bits per heavy atom. The van der Waals surface area contributed by atoms with Crippen molar-refractivity contribution in [3.63, 3.8) is 0 Å². The number of fused-ring (bicyclic) bond motifs is 3. The highest BCUT2D eigenvalue weighted by Gasteiger charge is 2.49. The van der Waals surface area contributed by atoms with E-state index in [1.807, 2.05) is 4.90 Å². The van der Waals surface area contributed by atoms with Crippen LogP contribution in [0.4, 0.5) is 23.4 Å². The van der Waals surface area contributed by atoms with E-state index in [0.717, 1.165) is 32.4 Å². The highest BCUT2D eigenvalue weighted by atomic mass is 19.3. The number of ether oxygens (including phenoxy) is 1. The van der Waals surface area contributed by atoms with Crippen LogP contribution in [0.5, 0.6) is 11.8 Å². The largest absolute Gasteiger partial charge is 0.508 e. The van der Waals surface area contributed by atoms with Crippen LogP contribution in [0, 0.1) is 18.2 Å². The van der Waals surface area contributed by atoms with Gasteiger partial charge in [0.15, 0.2) is 0 Å². The quantitative estimate of drug-likeness (QED) is 0.191. The highest BCUT2D eigenvalue weighted by Crippen LogP contribution is 2.44. The van der Waals surface area contributed by atoms with Crippen LogP contribution >= 0.6 is 0 Å². The van der Waals surface area contributed by atoms with Gasteiger partial charge in [0.25, 0.3) is 6.43 Å². The van der Waals surface area contributed by atoms with Crippen molar-refractivity contribution in [3.8, 4) is 35.4 Å². The van der Waals surface area contributed by atoms with Gasteiger partial charge in [0.05, 0.1) is 33.3 Å². The van der Waals surface area contributed by atoms with Gasteiger partial charge in [-0.3, -0.25) is 14.8 Å². The standard InChI is InChI=1S/C35H36F4N6O2/c1-4-22-18-44(12-11-43(22)3)33-26-16-40-30(25-14-23(46)13-20-7-8-27(37)24(5-2)28(20)25)29(32(38)39)31(26)41-34(42-33)47-19-35-9-6-10-45(35)17-21(36)15-35/h2,7-8,13-14,16,21-22,32,46H,4,6,9-12,15,17-19H2,1,3H3/t21-,22?,35+/m1/s1. The number of piperazine rings is 1. The number of alkyl halides is 3. The number of phenols is 1. The van der Waals surface area contributed by atoms with Crippen LogP contribution in [0.1, 0.15) is 50.2 Å². The second-order valence-electron chi connectivity index (χ2n) is 12.9. The van der Waals surface area contributed by atoms with Crippen molar-refractivity contribution in [3.05, 3.63) is 47.4 Å². The van der Waals surface area contributed by atoms with E-state index in [1.165, 1.54) is 30.5 Å². The summed E-state index contributed by atoms with van der Waals surface area (Å²) in [5.74, 6) is 1.84. The van der Waals surface area contributed by atoms with Gasteiger partial charge < -0.3 is 14.7 Å². The maximum absolute atomic E-state index is 15.3. The first-order valence-corrected chi connectivity index (χ1v) is 16.0. The fourth-order valence-electron chi connectivity index (χ4n) is 7.78. The lowest BCUT2D eigenvalue weighted by Crippen LogP contribution is -2.51. The molecule has 3 aliphatic heterocycles. The summed E-state index contributed by atoms with van der Waals surface area (Å²) in [7, 11) is 2.06. The van der Waals surface area contributed by atoms with E-state index in [4.69, 9.17) is 16.1 Å². The second-order valence-corrected chi connectivity index (χ2v) is 12.9. The van der Waals surface area contributed by atoms with Gasteiger partial charge in [-0.1, -0.05) is 18.9 Å². The van der Waals surface area contributed by atoms with E-state index in [0.29, 0.717) is 42.6 Å². The van der Waals surface area contributed by atoms with Crippen molar-refractivity contribution < 1.29 is 27.4 Å². The van der Waals surface area contributed by atoms with Crippen molar-refractivity contribution in [2.75, 3.05) is 51.3 Å². The molecule has 47 heavy (non-hydrogen) atoms. The first kappa shape index (κ1) is 31.4. The molecule has 8 nitrogen and oxygen atoms in total. The molecule has 0 amide bonds. The smallest absolute Gasteiger partial charge is 0.319 e. The minimum atomic E-state index is -3.07. The molecular weight excluding hydrogens is 612 g/mol. The minimum absolute atomic E-state index is 0.0540. The predicted molar refractivity (Wildman–Crippen MR) is 172 cm³/mol. The zero-order valence-electron chi connectivity index (χ0n) is 26.3. The average molecular weight is 649 g/mol. The maximum atomic E-state index is 15.3. The van der Waals surface area contributed by atoms with E-state index in [2.05, 4.69) is 39.7 Å². The molecule has 0 spiro atoms. The number of terminal acetylenes is 1. The molecule has 0 aliphatic carbocycles. The fraction of sp³-hybridized carbons (Fsp3) is 0.457. The SMILES string of the molecule is C#Cc1c(F)ccc2cc(O)cc(-c3ncc4c(N5CCN(C)C(CC)C5)nc(OC[C@@]56CCCN5C[C@H](F)C6)nc4c3C(F)F)c12. The highest BCUT2D eigenvalue weighted by molar-refractivity contribution is 6.04. The van der Waals surface area contributed by atoms with Gasteiger partial charge in [-0.2, -0.15) is 9.97 Å². The van der Waals surface area contributed by atoms with Gasteiger partial charge in [-0.25, -0.2) is 17.6 Å². The van der Waals surface area contributed by atoms with Crippen molar-refractivity contribution >= 4 is 27.5 Å². The van der Waals surface area contributed by atoms with E-state index >= 15 is 8.78 Å². The third kappa shape index (κ3) is 5.39. The number of aromatic nitrogens is 3. The van der Waals surface area contributed by atoms with Gasteiger partial charge >= 0.3 is 6.01 Å². The van der Waals surface area contributed by atoms with E-state index in [1.54, 1.807) is 0 Å². The molecule has 2 aromatic carbocycles. The summed E-state index contributed by atoms with van der Waals surface area (Å²) in [6.07, 6.45) is 5.99. The molecule has 0 radical (unpaired) electrons. The van der Waals surface area contributed by atoms with Gasteiger partial charge in [-0.15, -0.1) is 6.42 Å². The van der Waals surface area contributed by atoms with Crippen molar-refractivity contribution in [2.45, 2.75) is 56.8 Å². The summed E-state index contributed by atoms with van der Waals surface area (Å²) in [5, 5.41) is 11.5. The molecule has 3 fully saturated rings. The molecule has 246 valence electrons. The number of anilines is 1. The van der Waals surface area contributed by atoms with Crippen molar-refractivity contribution in [2.24, 2.45) is 0 Å². The van der Waals surface area contributed by atoms with E-state index in [-0.39, 0.29) is 52.1 Å². The van der Waals surface area contributed by atoms with Gasteiger partial charge in [0, 0.05) is 55.8 Å². The predicted octanol–water partition coefficient (Wildman–Crippen LogP) is 6.09. The fourth-order valence-corrected chi connectivity index (χ4v) is 7.78. The number of rotatable bonds is 7. The molecule has 4 aromatic rings. The molecule has 0 bridgehead atoms. The van der Waals surface area contributed by atoms with Crippen LogP contribution in [-0.4, -0.2) is 94.0 Å². The molecule has 1 N–H and O–H groups in total. The third-order valence-electron chi connectivity index (χ3n) is 10.2. The molecular formula is C35H36F4N6O2. The van der Waals surface area contributed by atoms with E-state index < -0.39 is 29.5 Å². The van der Waals surface area contributed by atoms with Crippen molar-refractivity contribution in [1.82, 2.24) is 24.8 Å². The lowest BCUT2D eigenvalue weighted by atomic mass is 9.93. The Morgan fingerprint density at radius 2 is 2.00 bits per heavy atom. The molecule has 3 atom stereocenters. The number of likely N-dealkylation sites (N-methyl/N-ethyl adjacent to an activating group) is 1. The number of benzene rings is 2. The van der Waals surface area contributed by atoms with Crippen LogP contribution in [-0.2, 0) is 0 Å². The Hall–Kier alpha value is -4.21.